The van der Waals surface area contributed by atoms with Gasteiger partial charge in [0.25, 0.3) is 0 Å². The van der Waals surface area contributed by atoms with Gasteiger partial charge in [-0.15, -0.1) is 0 Å². The van der Waals surface area contributed by atoms with E-state index < -0.39 is 5.97 Å². The Labute approximate surface area is 151 Å². The highest BCUT2D eigenvalue weighted by Gasteiger charge is 2.18. The molecule has 0 aliphatic carbocycles. The summed E-state index contributed by atoms with van der Waals surface area (Å²) in [4.78, 5) is 16.7. The molecular weight excluding hydrogens is 330 g/mol. The van der Waals surface area contributed by atoms with Crippen molar-refractivity contribution in [3.63, 3.8) is 0 Å². The largest absolute Gasteiger partial charge is 0.497 e. The van der Waals surface area contributed by atoms with E-state index in [-0.39, 0.29) is 6.61 Å². The molecular formula is C20H17N3O3. The molecule has 0 atom stereocenters. The van der Waals surface area contributed by atoms with Crippen LogP contribution in [0.5, 0.6) is 5.75 Å². The van der Waals surface area contributed by atoms with Crippen molar-refractivity contribution in [3.8, 4) is 11.8 Å². The first-order chi connectivity index (χ1) is 12.7. The molecule has 0 aliphatic heterocycles. The van der Waals surface area contributed by atoms with Crippen molar-refractivity contribution in [1.82, 2.24) is 4.98 Å². The van der Waals surface area contributed by atoms with Crippen LogP contribution in [0.15, 0.2) is 48.7 Å². The molecule has 1 aromatic heterocycles. The first kappa shape index (κ1) is 17.2. The molecule has 3 aromatic rings. The number of pyridine rings is 1. The summed E-state index contributed by atoms with van der Waals surface area (Å²) in [5.74, 6) is 0.257. The van der Waals surface area contributed by atoms with Crippen LogP contribution in [-0.2, 0) is 4.74 Å². The number of hydrogen-bond donors (Lipinski definition) is 1. The van der Waals surface area contributed by atoms with E-state index in [4.69, 9.17) is 9.47 Å². The summed E-state index contributed by atoms with van der Waals surface area (Å²) in [7, 11) is 1.60. The fraction of sp³-hybridized carbons (Fsp3) is 0.150. The van der Waals surface area contributed by atoms with E-state index >= 15 is 0 Å². The summed E-state index contributed by atoms with van der Waals surface area (Å²) in [6, 6.07) is 14.7. The van der Waals surface area contributed by atoms with Crippen molar-refractivity contribution in [3.05, 3.63) is 59.8 Å². The summed E-state index contributed by atoms with van der Waals surface area (Å²) in [6.45, 7) is 2.01. The highest BCUT2D eigenvalue weighted by molar-refractivity contribution is 6.07. The Morgan fingerprint density at radius 3 is 2.65 bits per heavy atom. The number of benzene rings is 2. The zero-order valence-corrected chi connectivity index (χ0v) is 14.4. The summed E-state index contributed by atoms with van der Waals surface area (Å²) in [5.41, 5.74) is 2.60. The number of nitrogens with one attached hydrogen (secondary N) is 1. The second-order valence-electron chi connectivity index (χ2n) is 5.43. The molecule has 0 aliphatic rings. The predicted octanol–water partition coefficient (Wildman–Crippen LogP) is 4.04. The van der Waals surface area contributed by atoms with E-state index in [9.17, 15) is 10.1 Å². The molecule has 130 valence electrons. The Kier molecular flexibility index (Phi) is 4.99. The molecule has 0 amide bonds. The van der Waals surface area contributed by atoms with E-state index in [2.05, 4.69) is 16.4 Å². The Bertz CT molecular complexity index is 992. The number of ether oxygens (including phenoxy) is 2. The van der Waals surface area contributed by atoms with Gasteiger partial charge in [0, 0.05) is 17.3 Å². The number of anilines is 2. The third-order valence-corrected chi connectivity index (χ3v) is 3.87. The zero-order chi connectivity index (χ0) is 18.5. The number of rotatable bonds is 5. The molecule has 0 saturated heterocycles. The Morgan fingerprint density at radius 2 is 2.00 bits per heavy atom. The second kappa shape index (κ2) is 7.53. The SMILES string of the molecule is CCOC(=O)c1cnc2c(C#N)cccc2c1Nc1ccc(OC)cc1. The van der Waals surface area contributed by atoms with E-state index in [1.54, 1.807) is 26.2 Å². The number of aromatic nitrogens is 1. The molecule has 0 saturated carbocycles. The van der Waals surface area contributed by atoms with Crippen LogP contribution in [-0.4, -0.2) is 24.7 Å². The molecule has 1 N–H and O–H groups in total. The number of esters is 1. The van der Waals surface area contributed by atoms with Gasteiger partial charge in [-0.1, -0.05) is 12.1 Å². The molecule has 6 nitrogen and oxygen atoms in total. The molecule has 0 fully saturated rings. The number of methoxy groups -OCH3 is 1. The number of fused-ring (bicyclic) bond motifs is 1. The van der Waals surface area contributed by atoms with Crippen molar-refractivity contribution >= 4 is 28.2 Å². The van der Waals surface area contributed by atoms with Crippen molar-refractivity contribution < 1.29 is 14.3 Å². The van der Waals surface area contributed by atoms with E-state index in [0.29, 0.717) is 27.7 Å². The van der Waals surface area contributed by atoms with Crippen molar-refractivity contribution in [1.29, 1.82) is 5.26 Å². The van der Waals surface area contributed by atoms with Gasteiger partial charge in [0.2, 0.25) is 0 Å². The van der Waals surface area contributed by atoms with Crippen LogP contribution in [0.3, 0.4) is 0 Å². The van der Waals surface area contributed by atoms with Crippen LogP contribution < -0.4 is 10.1 Å². The van der Waals surface area contributed by atoms with Gasteiger partial charge in [0.1, 0.15) is 17.4 Å². The second-order valence-corrected chi connectivity index (χ2v) is 5.43. The maximum atomic E-state index is 12.4. The minimum atomic E-state index is -0.472. The lowest BCUT2D eigenvalue weighted by Crippen LogP contribution is -2.09. The molecule has 0 spiro atoms. The first-order valence-corrected chi connectivity index (χ1v) is 8.08. The van der Waals surface area contributed by atoms with Crippen LogP contribution in [0, 0.1) is 11.3 Å². The van der Waals surface area contributed by atoms with Crippen molar-refractivity contribution in [2.24, 2.45) is 0 Å². The summed E-state index contributed by atoms with van der Waals surface area (Å²) in [5, 5.41) is 13.2. The molecule has 0 unspecified atom stereocenters. The van der Waals surface area contributed by atoms with Gasteiger partial charge in [-0.25, -0.2) is 4.79 Å². The summed E-state index contributed by atoms with van der Waals surface area (Å²) in [6.07, 6.45) is 1.44. The molecule has 1 heterocycles. The highest BCUT2D eigenvalue weighted by atomic mass is 16.5. The van der Waals surface area contributed by atoms with Gasteiger partial charge in [0.15, 0.2) is 0 Å². The van der Waals surface area contributed by atoms with Crippen molar-refractivity contribution in [2.45, 2.75) is 6.92 Å². The average Bonchev–Trinajstić information content (AvgIpc) is 2.68. The lowest BCUT2D eigenvalue weighted by molar-refractivity contribution is 0.0527. The van der Waals surface area contributed by atoms with Crippen molar-refractivity contribution in [2.75, 3.05) is 19.0 Å². The topological polar surface area (TPSA) is 84.2 Å². The quantitative estimate of drug-likeness (QED) is 0.701. The highest BCUT2D eigenvalue weighted by Crippen LogP contribution is 2.31. The fourth-order valence-electron chi connectivity index (χ4n) is 2.63. The zero-order valence-electron chi connectivity index (χ0n) is 14.4. The monoisotopic (exact) mass is 347 g/mol. The lowest BCUT2D eigenvalue weighted by atomic mass is 10.1. The van der Waals surface area contributed by atoms with Gasteiger partial charge in [-0.3, -0.25) is 4.98 Å². The van der Waals surface area contributed by atoms with Gasteiger partial charge in [-0.2, -0.15) is 5.26 Å². The number of nitrogens with zero attached hydrogens (tertiary/aromatic N) is 2. The van der Waals surface area contributed by atoms with Gasteiger partial charge in [0.05, 0.1) is 30.5 Å². The standard InChI is InChI=1S/C20H17N3O3/c1-3-26-20(24)17-12-22-18-13(11-21)5-4-6-16(18)19(17)23-14-7-9-15(25-2)10-8-14/h4-10,12H,3H2,1-2H3,(H,22,23). The van der Waals surface area contributed by atoms with Crippen LogP contribution in [0.4, 0.5) is 11.4 Å². The summed E-state index contributed by atoms with van der Waals surface area (Å²) >= 11 is 0. The van der Waals surface area contributed by atoms with Crippen LogP contribution in [0.1, 0.15) is 22.8 Å². The fourth-order valence-corrected chi connectivity index (χ4v) is 2.63. The Balaban J connectivity index is 2.16. The van der Waals surface area contributed by atoms with Crippen LogP contribution >= 0.6 is 0 Å². The minimum absolute atomic E-state index is 0.261. The smallest absolute Gasteiger partial charge is 0.341 e. The third kappa shape index (κ3) is 3.28. The van der Waals surface area contributed by atoms with Gasteiger partial charge >= 0.3 is 5.97 Å². The Morgan fingerprint density at radius 1 is 1.23 bits per heavy atom. The number of carbonyl (C=O) groups is 1. The first-order valence-electron chi connectivity index (χ1n) is 8.08. The number of hydrogen-bond acceptors (Lipinski definition) is 6. The van der Waals surface area contributed by atoms with Crippen LogP contribution in [0.2, 0.25) is 0 Å². The van der Waals surface area contributed by atoms with Crippen LogP contribution in [0.25, 0.3) is 10.9 Å². The number of nitriles is 1. The maximum absolute atomic E-state index is 12.4. The molecule has 3 rings (SSSR count). The minimum Gasteiger partial charge on any atom is -0.497 e. The molecule has 2 aromatic carbocycles. The van der Waals surface area contributed by atoms with E-state index in [0.717, 1.165) is 11.4 Å². The number of para-hydroxylation sites is 1. The lowest BCUT2D eigenvalue weighted by Gasteiger charge is -2.15. The average molecular weight is 347 g/mol. The number of carbonyl (C=O) groups excluding carboxylic acids is 1. The molecule has 0 bridgehead atoms. The maximum Gasteiger partial charge on any atom is 0.341 e. The van der Waals surface area contributed by atoms with Gasteiger partial charge in [-0.05, 0) is 37.3 Å². The predicted molar refractivity (Wildman–Crippen MR) is 98.7 cm³/mol. The molecule has 6 heteroatoms. The summed E-state index contributed by atoms with van der Waals surface area (Å²) < 4.78 is 10.3. The van der Waals surface area contributed by atoms with Gasteiger partial charge < -0.3 is 14.8 Å². The molecule has 26 heavy (non-hydrogen) atoms. The normalized spacial score (nSPS) is 10.2. The Hall–Kier alpha value is -3.59. The third-order valence-electron chi connectivity index (χ3n) is 3.87. The van der Waals surface area contributed by atoms with E-state index in [1.807, 2.05) is 30.3 Å². The molecule has 0 radical (unpaired) electrons. The van der Waals surface area contributed by atoms with E-state index in [1.165, 1.54) is 6.20 Å².